The van der Waals surface area contributed by atoms with Crippen LogP contribution in [0.4, 0.5) is 22.1 Å². The number of fused-ring (bicyclic) bond motifs is 1. The van der Waals surface area contributed by atoms with Gasteiger partial charge in [0.25, 0.3) is 5.91 Å². The number of nitrogens with zero attached hydrogens (tertiary/aromatic N) is 8. The van der Waals surface area contributed by atoms with Crippen LogP contribution >= 0.6 is 0 Å². The summed E-state index contributed by atoms with van der Waals surface area (Å²) in [7, 11) is 0. The molecule has 3 fully saturated rings. The lowest BCUT2D eigenvalue weighted by Gasteiger charge is -2.18. The Morgan fingerprint density at radius 2 is 1.89 bits per heavy atom. The molecular formula is C29H28N10O5. The molecule has 4 amide bonds. The molecule has 2 saturated carbocycles. The normalized spacial score (nSPS) is 19.5. The molecule has 1 saturated heterocycles. The van der Waals surface area contributed by atoms with Crippen LogP contribution in [0.5, 0.6) is 0 Å². The van der Waals surface area contributed by atoms with E-state index in [1.807, 2.05) is 35.9 Å². The molecule has 44 heavy (non-hydrogen) atoms. The van der Waals surface area contributed by atoms with Crippen molar-refractivity contribution in [2.24, 2.45) is 5.92 Å². The number of pyridine rings is 1. The number of urea groups is 1. The van der Waals surface area contributed by atoms with Crippen LogP contribution in [0.1, 0.15) is 53.9 Å². The minimum Gasteiger partial charge on any atom is -0.480 e. The molecule has 4 aromatic heterocycles. The summed E-state index contributed by atoms with van der Waals surface area (Å²) in [6.45, 7) is 1.21. The van der Waals surface area contributed by atoms with E-state index in [0.29, 0.717) is 46.8 Å². The second kappa shape index (κ2) is 10.7. The van der Waals surface area contributed by atoms with Crippen molar-refractivity contribution in [2.75, 3.05) is 28.6 Å². The number of carbonyl (C=O) groups excluding carboxylic acids is 3. The van der Waals surface area contributed by atoms with Crippen LogP contribution in [0.25, 0.3) is 5.65 Å². The van der Waals surface area contributed by atoms with Gasteiger partial charge in [0.05, 0.1) is 17.9 Å². The van der Waals surface area contributed by atoms with Crippen LogP contribution in [0.3, 0.4) is 0 Å². The van der Waals surface area contributed by atoms with Crippen LogP contribution < -0.4 is 15.5 Å². The smallest absolute Gasteiger partial charge is 0.332 e. The fourth-order valence-corrected chi connectivity index (χ4v) is 5.44. The summed E-state index contributed by atoms with van der Waals surface area (Å²) in [5, 5.41) is 15.2. The van der Waals surface area contributed by atoms with Gasteiger partial charge in [0.2, 0.25) is 5.91 Å². The average Bonchev–Trinajstić information content (AvgIpc) is 3.92. The Kier molecular flexibility index (Phi) is 6.63. The molecule has 1 aliphatic heterocycles. The highest BCUT2D eigenvalue weighted by Gasteiger charge is 2.46. The summed E-state index contributed by atoms with van der Waals surface area (Å²) >= 11 is 0. The number of imidazole rings is 1. The van der Waals surface area contributed by atoms with E-state index in [0.717, 1.165) is 29.0 Å². The zero-order valence-corrected chi connectivity index (χ0v) is 23.7. The van der Waals surface area contributed by atoms with Gasteiger partial charge < -0.3 is 20.1 Å². The van der Waals surface area contributed by atoms with Gasteiger partial charge in [0.15, 0.2) is 5.65 Å². The predicted octanol–water partition coefficient (Wildman–Crippen LogP) is 2.31. The van der Waals surface area contributed by atoms with Crippen LogP contribution in [0.2, 0.25) is 0 Å². The lowest BCUT2D eigenvalue weighted by atomic mass is 10.1. The van der Waals surface area contributed by atoms with Gasteiger partial charge in [-0.15, -0.1) is 0 Å². The third-order valence-electron chi connectivity index (χ3n) is 7.93. The van der Waals surface area contributed by atoms with E-state index in [2.05, 4.69) is 30.6 Å². The fourth-order valence-electron chi connectivity index (χ4n) is 5.44. The monoisotopic (exact) mass is 596 g/mol. The number of anilines is 3. The molecule has 4 aromatic rings. The largest absolute Gasteiger partial charge is 0.480 e. The molecule has 0 radical (unpaired) electrons. The van der Waals surface area contributed by atoms with Crippen molar-refractivity contribution in [3.05, 3.63) is 65.9 Å². The molecular weight excluding hydrogens is 568 g/mol. The van der Waals surface area contributed by atoms with Gasteiger partial charge in [-0.05, 0) is 49.8 Å². The van der Waals surface area contributed by atoms with Crippen molar-refractivity contribution in [3.63, 3.8) is 0 Å². The SMILES string of the molecule is Cc1ccnc([C@H]2C[C@@H]2C(=O)Nc2cc(NCc3cn4cc(C5CC5)cc(N5CC(=O)N(CC(=O)O)C5=O)c4n3)ncn2)n1. The summed E-state index contributed by atoms with van der Waals surface area (Å²) in [6, 6.07) is 4.63. The number of carboxylic acid groups (broad SMARTS) is 1. The third kappa shape index (κ3) is 5.39. The second-order valence-electron chi connectivity index (χ2n) is 11.3. The summed E-state index contributed by atoms with van der Waals surface area (Å²) in [4.78, 5) is 73.4. The van der Waals surface area contributed by atoms with Crippen LogP contribution in [-0.4, -0.2) is 76.2 Å². The summed E-state index contributed by atoms with van der Waals surface area (Å²) in [6.07, 6.45) is 9.59. The first-order valence-corrected chi connectivity index (χ1v) is 14.2. The van der Waals surface area contributed by atoms with Crippen LogP contribution in [0, 0.1) is 12.8 Å². The van der Waals surface area contributed by atoms with Gasteiger partial charge in [0, 0.05) is 42.2 Å². The molecule has 5 heterocycles. The average molecular weight is 597 g/mol. The number of amides is 4. The first-order valence-electron chi connectivity index (χ1n) is 14.2. The molecule has 0 spiro atoms. The van der Waals surface area contributed by atoms with Crippen LogP contribution in [0.15, 0.2) is 43.1 Å². The standard InChI is InChI=1S/C29H28N10O5/c1-15-4-5-30-26(34-15)19-7-20(19)28(43)36-23-8-22(32-14-33-23)31-9-18-11-37-10-17(16-2-3-16)6-21(27(37)35-18)38-12-24(40)39(29(38)44)13-25(41)42/h4-6,8,10-11,14,16,19-20H,2-3,7,9,12-13H2,1H3,(H,41,42)(H2,31,32,33,36,43)/t19-,20-/m0/s1. The van der Waals surface area contributed by atoms with Gasteiger partial charge in [0.1, 0.15) is 36.9 Å². The molecule has 3 N–H and O–H groups in total. The number of carboxylic acids is 1. The van der Waals surface area contributed by atoms with Crippen molar-refractivity contribution in [1.82, 2.24) is 34.2 Å². The number of aromatic nitrogens is 6. The number of rotatable bonds is 10. The maximum Gasteiger partial charge on any atom is 0.332 e. The number of aryl methyl sites for hydroxylation is 1. The van der Waals surface area contributed by atoms with Crippen molar-refractivity contribution in [2.45, 2.75) is 44.6 Å². The first-order chi connectivity index (χ1) is 21.2. The molecule has 2 atom stereocenters. The van der Waals surface area contributed by atoms with Crippen molar-refractivity contribution in [3.8, 4) is 0 Å². The summed E-state index contributed by atoms with van der Waals surface area (Å²) in [5.41, 5.74) is 3.44. The quantitative estimate of drug-likeness (QED) is 0.228. The Hall–Kier alpha value is -5.47. The lowest BCUT2D eigenvalue weighted by molar-refractivity contribution is -0.141. The van der Waals surface area contributed by atoms with Crippen molar-refractivity contribution >= 4 is 46.8 Å². The van der Waals surface area contributed by atoms with E-state index in [4.69, 9.17) is 10.1 Å². The molecule has 0 unspecified atom stereocenters. The Labute approximate surface area is 250 Å². The number of carbonyl (C=O) groups is 4. The Bertz CT molecular complexity index is 1840. The van der Waals surface area contributed by atoms with E-state index < -0.39 is 24.5 Å². The summed E-state index contributed by atoms with van der Waals surface area (Å²) in [5.74, 6) is -0.351. The highest BCUT2D eigenvalue weighted by molar-refractivity contribution is 6.14. The molecule has 0 aromatic carbocycles. The topological polar surface area (TPSA) is 188 Å². The molecule has 0 bridgehead atoms. The zero-order valence-electron chi connectivity index (χ0n) is 23.7. The number of imide groups is 1. The third-order valence-corrected chi connectivity index (χ3v) is 7.93. The molecule has 15 nitrogen and oxygen atoms in total. The number of hydrogen-bond donors (Lipinski definition) is 3. The Morgan fingerprint density at radius 1 is 1.07 bits per heavy atom. The first kappa shape index (κ1) is 27.4. The molecule has 7 rings (SSSR count). The van der Waals surface area contributed by atoms with Crippen molar-refractivity contribution < 1.29 is 24.3 Å². The van der Waals surface area contributed by atoms with Gasteiger partial charge in [-0.1, -0.05) is 0 Å². The molecule has 224 valence electrons. The number of nitrogens with one attached hydrogen (secondary N) is 2. The number of hydrogen-bond acceptors (Lipinski definition) is 10. The van der Waals surface area contributed by atoms with E-state index in [1.165, 1.54) is 11.2 Å². The highest BCUT2D eigenvalue weighted by Crippen LogP contribution is 2.46. The van der Waals surface area contributed by atoms with E-state index in [-0.39, 0.29) is 30.8 Å². The predicted molar refractivity (Wildman–Crippen MR) is 155 cm³/mol. The van der Waals surface area contributed by atoms with Gasteiger partial charge >= 0.3 is 12.0 Å². The number of aliphatic carboxylic acids is 1. The van der Waals surface area contributed by atoms with E-state index >= 15 is 0 Å². The lowest BCUT2D eigenvalue weighted by Crippen LogP contribution is -2.37. The summed E-state index contributed by atoms with van der Waals surface area (Å²) < 4.78 is 1.83. The van der Waals surface area contributed by atoms with Gasteiger partial charge in [-0.3, -0.25) is 24.2 Å². The Balaban J connectivity index is 1.05. The Morgan fingerprint density at radius 3 is 2.66 bits per heavy atom. The second-order valence-corrected chi connectivity index (χ2v) is 11.3. The maximum absolute atomic E-state index is 13.0. The van der Waals surface area contributed by atoms with Crippen LogP contribution in [-0.2, 0) is 20.9 Å². The molecule has 15 heteroatoms. The van der Waals surface area contributed by atoms with E-state index in [9.17, 15) is 19.2 Å². The fraction of sp³-hybridized carbons (Fsp3) is 0.345. The maximum atomic E-state index is 13.0. The van der Waals surface area contributed by atoms with Gasteiger partial charge in [-0.25, -0.2) is 29.7 Å². The zero-order chi connectivity index (χ0) is 30.5. The van der Waals surface area contributed by atoms with Gasteiger partial charge in [-0.2, -0.15) is 0 Å². The highest BCUT2D eigenvalue weighted by atomic mass is 16.4. The molecule has 3 aliphatic rings. The van der Waals surface area contributed by atoms with Crippen molar-refractivity contribution in [1.29, 1.82) is 0 Å². The van der Waals surface area contributed by atoms with E-state index in [1.54, 1.807) is 12.3 Å². The molecule has 2 aliphatic carbocycles. The minimum atomic E-state index is -1.26. The minimum absolute atomic E-state index is 0.0103.